The van der Waals surface area contributed by atoms with Crippen molar-refractivity contribution in [3.63, 3.8) is 0 Å². The van der Waals surface area contributed by atoms with Crippen molar-refractivity contribution in [2.75, 3.05) is 23.7 Å². The quantitative estimate of drug-likeness (QED) is 0.418. The van der Waals surface area contributed by atoms with Crippen LogP contribution in [0.5, 0.6) is 0 Å². The number of carbonyl (C=O) groups excluding carboxylic acids is 2. The summed E-state index contributed by atoms with van der Waals surface area (Å²) in [4.78, 5) is 28.2. The Morgan fingerprint density at radius 2 is 1.63 bits per heavy atom. The molecule has 2 aromatic carbocycles. The number of hydrogen-bond acceptors (Lipinski definition) is 4. The van der Waals surface area contributed by atoms with Gasteiger partial charge in [-0.2, -0.15) is 0 Å². The Morgan fingerprint density at radius 1 is 1.03 bits per heavy atom. The van der Waals surface area contributed by atoms with Gasteiger partial charge in [0.05, 0.1) is 11.9 Å². The normalized spacial score (nSPS) is 12.2. The molecule has 0 unspecified atom stereocenters. The first-order chi connectivity index (χ1) is 16.5. The largest absolute Gasteiger partial charge is 0.354 e. The van der Waals surface area contributed by atoms with Crippen molar-refractivity contribution in [3.8, 4) is 0 Å². The average molecular weight is 522 g/mol. The first-order valence-electron chi connectivity index (χ1n) is 11.8. The van der Waals surface area contributed by atoms with Crippen molar-refractivity contribution in [1.29, 1.82) is 0 Å². The number of anilines is 1. The summed E-state index contributed by atoms with van der Waals surface area (Å²) in [5.74, 6) is -0.702. The lowest BCUT2D eigenvalue weighted by Crippen LogP contribution is -2.52. The maximum absolute atomic E-state index is 13.7. The molecule has 0 saturated carbocycles. The monoisotopic (exact) mass is 521 g/mol. The van der Waals surface area contributed by atoms with Crippen LogP contribution < -0.4 is 9.62 Å². The van der Waals surface area contributed by atoms with Gasteiger partial charge in [-0.1, -0.05) is 62.2 Å². The number of para-hydroxylation sites is 1. The molecule has 2 rings (SSSR count). The summed E-state index contributed by atoms with van der Waals surface area (Å²) in [7, 11) is -3.77. The van der Waals surface area contributed by atoms with E-state index in [9.17, 15) is 18.0 Å². The number of hydrogen-bond donors (Lipinski definition) is 1. The molecule has 0 spiro atoms. The lowest BCUT2D eigenvalue weighted by atomic mass is 10.1. The average Bonchev–Trinajstić information content (AvgIpc) is 2.78. The fourth-order valence-corrected chi connectivity index (χ4v) is 5.08. The molecule has 0 saturated heterocycles. The minimum atomic E-state index is -3.77. The van der Waals surface area contributed by atoms with Gasteiger partial charge >= 0.3 is 0 Å². The zero-order valence-electron chi connectivity index (χ0n) is 21.2. The van der Waals surface area contributed by atoms with Crippen LogP contribution in [0.25, 0.3) is 0 Å². The second kappa shape index (κ2) is 12.9. The van der Waals surface area contributed by atoms with E-state index in [1.165, 1.54) is 4.90 Å². The molecule has 1 atom stereocenters. The van der Waals surface area contributed by atoms with Gasteiger partial charge in [0, 0.05) is 18.1 Å². The van der Waals surface area contributed by atoms with Gasteiger partial charge in [0.1, 0.15) is 12.6 Å². The molecule has 2 amide bonds. The predicted octanol–water partition coefficient (Wildman–Crippen LogP) is 4.45. The smallest absolute Gasteiger partial charge is 0.244 e. The highest BCUT2D eigenvalue weighted by Gasteiger charge is 2.32. The molecule has 0 aliphatic carbocycles. The third kappa shape index (κ3) is 7.97. The molecule has 0 aromatic heterocycles. The van der Waals surface area contributed by atoms with Crippen molar-refractivity contribution in [2.45, 2.75) is 59.5 Å². The SMILES string of the molecule is CCCCNC(=O)[C@H](CC)N(Cc1ccc(Cl)cc1)C(=O)CN(c1c(C)cccc1C)S(C)(=O)=O. The lowest BCUT2D eigenvalue weighted by molar-refractivity contribution is -0.140. The van der Waals surface area contributed by atoms with E-state index >= 15 is 0 Å². The maximum Gasteiger partial charge on any atom is 0.244 e. The second-order valence-corrected chi connectivity index (χ2v) is 11.1. The number of unbranched alkanes of at least 4 members (excludes halogenated alkanes) is 1. The summed E-state index contributed by atoms with van der Waals surface area (Å²) in [5.41, 5.74) is 2.77. The molecular formula is C26H36ClN3O4S. The van der Waals surface area contributed by atoms with Gasteiger partial charge < -0.3 is 10.2 Å². The highest BCUT2D eigenvalue weighted by atomic mass is 35.5. The van der Waals surface area contributed by atoms with Crippen LogP contribution in [-0.4, -0.2) is 50.5 Å². The van der Waals surface area contributed by atoms with Crippen LogP contribution >= 0.6 is 11.6 Å². The zero-order chi connectivity index (χ0) is 26.2. The van der Waals surface area contributed by atoms with Crippen LogP contribution in [0.2, 0.25) is 5.02 Å². The molecule has 0 radical (unpaired) electrons. The summed E-state index contributed by atoms with van der Waals surface area (Å²) >= 11 is 6.02. The number of sulfonamides is 1. The van der Waals surface area contributed by atoms with Gasteiger partial charge in [-0.25, -0.2) is 8.42 Å². The van der Waals surface area contributed by atoms with Crippen LogP contribution in [0.1, 0.15) is 49.8 Å². The molecule has 1 N–H and O–H groups in total. The fourth-order valence-electron chi connectivity index (χ4n) is 3.99. The minimum Gasteiger partial charge on any atom is -0.354 e. The first-order valence-corrected chi connectivity index (χ1v) is 14.1. The van der Waals surface area contributed by atoms with Gasteiger partial charge in [-0.15, -0.1) is 0 Å². The molecule has 0 aliphatic heterocycles. The second-order valence-electron chi connectivity index (χ2n) is 8.73. The summed E-state index contributed by atoms with van der Waals surface area (Å²) in [6.07, 6.45) is 3.25. The van der Waals surface area contributed by atoms with Gasteiger partial charge in [0.25, 0.3) is 0 Å². The van der Waals surface area contributed by atoms with E-state index in [0.29, 0.717) is 23.7 Å². The Hall–Kier alpha value is -2.58. The van der Waals surface area contributed by atoms with E-state index < -0.39 is 28.5 Å². The number of halogens is 1. The van der Waals surface area contributed by atoms with Crippen molar-refractivity contribution < 1.29 is 18.0 Å². The summed E-state index contributed by atoms with van der Waals surface area (Å²) in [5, 5.41) is 3.48. The third-order valence-corrected chi connectivity index (χ3v) is 7.21. The van der Waals surface area contributed by atoms with Crippen LogP contribution in [0.4, 0.5) is 5.69 Å². The molecule has 0 aliphatic rings. The van der Waals surface area contributed by atoms with Crippen molar-refractivity contribution in [1.82, 2.24) is 10.2 Å². The summed E-state index contributed by atoms with van der Waals surface area (Å²) in [6.45, 7) is 7.77. The predicted molar refractivity (Wildman–Crippen MR) is 142 cm³/mol. The number of carbonyl (C=O) groups is 2. The fraction of sp³-hybridized carbons (Fsp3) is 0.462. The minimum absolute atomic E-state index is 0.153. The first kappa shape index (κ1) is 28.7. The number of benzene rings is 2. The van der Waals surface area contributed by atoms with Crippen molar-refractivity contribution in [2.24, 2.45) is 0 Å². The van der Waals surface area contributed by atoms with E-state index in [-0.39, 0.29) is 12.5 Å². The third-order valence-electron chi connectivity index (χ3n) is 5.85. The van der Waals surface area contributed by atoms with E-state index in [2.05, 4.69) is 5.32 Å². The molecule has 9 heteroatoms. The molecule has 192 valence electrons. The zero-order valence-corrected chi connectivity index (χ0v) is 22.7. The molecule has 2 aromatic rings. The van der Waals surface area contributed by atoms with Crippen LogP contribution in [0.3, 0.4) is 0 Å². The van der Waals surface area contributed by atoms with Gasteiger partial charge in [0.2, 0.25) is 21.8 Å². The van der Waals surface area contributed by atoms with Crippen molar-refractivity contribution >= 4 is 39.1 Å². The number of rotatable bonds is 12. The van der Waals surface area contributed by atoms with Crippen LogP contribution in [0.15, 0.2) is 42.5 Å². The maximum atomic E-state index is 13.7. The lowest BCUT2D eigenvalue weighted by Gasteiger charge is -2.33. The number of amides is 2. The Morgan fingerprint density at radius 3 is 2.14 bits per heavy atom. The molecule has 0 heterocycles. The van der Waals surface area contributed by atoms with Crippen molar-refractivity contribution in [3.05, 3.63) is 64.2 Å². The molecular weight excluding hydrogens is 486 g/mol. The molecule has 0 fully saturated rings. The Bertz CT molecular complexity index is 1100. The number of nitrogens with one attached hydrogen (secondary N) is 1. The van der Waals surface area contributed by atoms with Gasteiger partial charge in [0.15, 0.2) is 0 Å². The molecule has 0 bridgehead atoms. The molecule has 35 heavy (non-hydrogen) atoms. The Balaban J connectivity index is 2.45. The molecule has 7 nitrogen and oxygen atoms in total. The number of aryl methyl sites for hydroxylation is 2. The highest BCUT2D eigenvalue weighted by molar-refractivity contribution is 7.92. The van der Waals surface area contributed by atoms with Crippen LogP contribution in [-0.2, 0) is 26.2 Å². The summed E-state index contributed by atoms with van der Waals surface area (Å²) in [6, 6.07) is 11.8. The van der Waals surface area contributed by atoms with E-state index in [1.807, 2.05) is 45.9 Å². The van der Waals surface area contributed by atoms with E-state index in [1.54, 1.807) is 24.3 Å². The number of nitrogens with zero attached hydrogens (tertiary/aromatic N) is 2. The van der Waals surface area contributed by atoms with Gasteiger partial charge in [-0.3, -0.25) is 13.9 Å². The van der Waals surface area contributed by atoms with Gasteiger partial charge in [-0.05, 0) is 55.5 Å². The Kier molecular flexibility index (Phi) is 10.6. The van der Waals surface area contributed by atoms with E-state index in [0.717, 1.165) is 40.1 Å². The highest BCUT2D eigenvalue weighted by Crippen LogP contribution is 2.27. The standard InChI is InChI=1S/C26H36ClN3O4S/c1-6-8-16-28-26(32)23(7-2)29(17-21-12-14-22(27)15-13-21)24(31)18-30(35(5,33)34)25-19(3)10-9-11-20(25)4/h9-15,23H,6-8,16-18H2,1-5H3,(H,28,32)/t23-/m0/s1. The summed E-state index contributed by atoms with van der Waals surface area (Å²) < 4.78 is 26.7. The van der Waals surface area contributed by atoms with E-state index in [4.69, 9.17) is 11.6 Å². The topological polar surface area (TPSA) is 86.8 Å². The Labute approximate surface area is 214 Å². The van der Waals surface area contributed by atoms with Crippen LogP contribution in [0, 0.1) is 13.8 Å².